The third-order valence-electron chi connectivity index (χ3n) is 1.13. The molecule has 78 valence electrons. The molecule has 1 atom stereocenters. The van der Waals surface area contributed by atoms with E-state index in [1.165, 1.54) is 6.92 Å². The van der Waals surface area contributed by atoms with Gasteiger partial charge in [0.15, 0.2) is 15.8 Å². The van der Waals surface area contributed by atoms with E-state index in [2.05, 4.69) is 11.3 Å². The van der Waals surface area contributed by atoms with Crippen LogP contribution in [0.4, 0.5) is 0 Å². The minimum absolute atomic E-state index is 0.0679. The molecule has 0 aromatic heterocycles. The van der Waals surface area contributed by atoms with Gasteiger partial charge in [-0.1, -0.05) is 13.5 Å². The molecule has 0 aromatic rings. The number of ether oxygens (including phenoxy) is 1. The van der Waals surface area contributed by atoms with Crippen LogP contribution in [-0.2, 0) is 24.4 Å². The zero-order chi connectivity index (χ0) is 10.5. The van der Waals surface area contributed by atoms with E-state index in [4.69, 9.17) is 4.55 Å². The second-order valence-corrected chi connectivity index (χ2v) is 6.25. The van der Waals surface area contributed by atoms with Crippen LogP contribution in [0.2, 0.25) is 0 Å². The Morgan fingerprint density at radius 3 is 2.38 bits per heavy atom. The summed E-state index contributed by atoms with van der Waals surface area (Å²) in [4.78, 5) is 0. The highest BCUT2D eigenvalue weighted by molar-refractivity contribution is 7.98. The van der Waals surface area contributed by atoms with Crippen LogP contribution in [0.5, 0.6) is 0 Å². The Morgan fingerprint density at radius 1 is 1.46 bits per heavy atom. The standard InChI is InChI=1S/C6H12O5S2/c1-3-12(7,8)5-11-6-13(9,10)4-2/h3,5H,1,4,6H2,2H3,(H,7,8). The third-order valence-corrected chi connectivity index (χ3v) is 3.40. The summed E-state index contributed by atoms with van der Waals surface area (Å²) in [7, 11) is -6.62. The normalized spacial score (nSPS) is 16.2. The van der Waals surface area contributed by atoms with E-state index < -0.39 is 25.6 Å². The predicted octanol–water partition coefficient (Wildman–Crippen LogP) is 0.0558. The number of sulfone groups is 1. The lowest BCUT2D eigenvalue weighted by molar-refractivity contribution is 0.387. The molecular formula is C6H12O5S2. The van der Waals surface area contributed by atoms with Crippen LogP contribution >= 0.6 is 0 Å². The average Bonchev–Trinajstić information content (AvgIpc) is 2.04. The van der Waals surface area contributed by atoms with Gasteiger partial charge in [0.25, 0.3) is 0 Å². The molecule has 0 spiro atoms. The zero-order valence-electron chi connectivity index (χ0n) is 7.17. The molecule has 0 aromatic carbocycles. The fourth-order valence-corrected chi connectivity index (χ4v) is 1.22. The molecule has 0 aliphatic heterocycles. The third kappa shape index (κ3) is 5.81. The summed E-state index contributed by atoms with van der Waals surface area (Å²) in [5, 5.41) is 0.783. The molecule has 0 saturated heterocycles. The van der Waals surface area contributed by atoms with Crippen molar-refractivity contribution in [1.82, 2.24) is 0 Å². The summed E-state index contributed by atoms with van der Waals surface area (Å²) >= 11 is 0. The summed E-state index contributed by atoms with van der Waals surface area (Å²) in [5.41, 5.74) is 0.577. The van der Waals surface area contributed by atoms with Gasteiger partial charge in [0, 0.05) is 11.2 Å². The fourth-order valence-electron chi connectivity index (χ4n) is 0.352. The van der Waals surface area contributed by atoms with Crippen molar-refractivity contribution in [2.45, 2.75) is 6.92 Å². The van der Waals surface area contributed by atoms with Gasteiger partial charge in [-0.05, 0) is 0 Å². The van der Waals surface area contributed by atoms with Gasteiger partial charge in [-0.3, -0.25) is 0 Å². The van der Waals surface area contributed by atoms with Crippen molar-refractivity contribution >= 4 is 25.2 Å². The van der Waals surface area contributed by atoms with Crippen molar-refractivity contribution in [3.05, 3.63) is 12.0 Å². The Balaban J connectivity index is 4.32. The Hall–Kier alpha value is -0.370. The molecule has 0 radical (unpaired) electrons. The van der Waals surface area contributed by atoms with Crippen LogP contribution < -0.4 is 0 Å². The molecular weight excluding hydrogens is 216 g/mol. The van der Waals surface area contributed by atoms with Gasteiger partial charge < -0.3 is 9.29 Å². The van der Waals surface area contributed by atoms with Gasteiger partial charge in [-0.15, -0.1) is 0 Å². The van der Waals surface area contributed by atoms with Crippen molar-refractivity contribution in [1.29, 1.82) is 0 Å². The molecule has 0 fully saturated rings. The van der Waals surface area contributed by atoms with Gasteiger partial charge in [0.2, 0.25) is 0 Å². The summed E-state index contributed by atoms with van der Waals surface area (Å²) in [5.74, 6) is -0.656. The molecule has 1 N–H and O–H groups in total. The van der Waals surface area contributed by atoms with Crippen molar-refractivity contribution < 1.29 is 21.9 Å². The fraction of sp³-hybridized carbons (Fsp3) is 0.500. The molecule has 0 rings (SSSR count). The first-order chi connectivity index (χ1) is 5.83. The molecule has 0 aliphatic rings. The van der Waals surface area contributed by atoms with Gasteiger partial charge in [0.1, 0.15) is 15.4 Å². The highest BCUT2D eigenvalue weighted by Gasteiger charge is 2.06. The zero-order valence-corrected chi connectivity index (χ0v) is 8.81. The Morgan fingerprint density at radius 2 is 2.00 bits per heavy atom. The molecule has 5 nitrogen and oxygen atoms in total. The quantitative estimate of drug-likeness (QED) is 0.673. The van der Waals surface area contributed by atoms with E-state index in [0.29, 0.717) is 5.55 Å². The summed E-state index contributed by atoms with van der Waals surface area (Å²) in [6, 6.07) is 0. The Labute approximate surface area is 78.2 Å². The van der Waals surface area contributed by atoms with E-state index >= 15 is 0 Å². The minimum atomic E-state index is -3.35. The monoisotopic (exact) mass is 228 g/mol. The van der Waals surface area contributed by atoms with Crippen LogP contribution in [-0.4, -0.2) is 34.4 Å². The van der Waals surface area contributed by atoms with Gasteiger partial charge >= 0.3 is 0 Å². The van der Waals surface area contributed by atoms with E-state index in [1.54, 1.807) is 0 Å². The maximum Gasteiger partial charge on any atom is 0.174 e. The largest absolute Gasteiger partial charge is 0.327 e. The van der Waals surface area contributed by atoms with E-state index in [1.807, 2.05) is 0 Å². The molecule has 7 heteroatoms. The summed E-state index contributed by atoms with van der Waals surface area (Å²) in [6.07, 6.45) is 0. The molecule has 0 saturated carbocycles. The first kappa shape index (κ1) is 12.6. The van der Waals surface area contributed by atoms with Crippen LogP contribution in [0.1, 0.15) is 6.92 Å². The number of hydrogen-bond acceptors (Lipinski definition) is 4. The minimum Gasteiger partial charge on any atom is -0.327 e. The van der Waals surface area contributed by atoms with Crippen LogP contribution in [0.3, 0.4) is 0 Å². The van der Waals surface area contributed by atoms with Crippen LogP contribution in [0.15, 0.2) is 12.0 Å². The van der Waals surface area contributed by atoms with Crippen LogP contribution in [0, 0.1) is 0 Å². The first-order valence-electron chi connectivity index (χ1n) is 3.37. The molecule has 0 amide bonds. The molecule has 0 bridgehead atoms. The highest BCUT2D eigenvalue weighted by Crippen LogP contribution is 1.91. The van der Waals surface area contributed by atoms with E-state index in [-0.39, 0.29) is 5.75 Å². The van der Waals surface area contributed by atoms with Crippen molar-refractivity contribution in [2.75, 3.05) is 11.7 Å². The second-order valence-electron chi connectivity index (χ2n) is 2.19. The summed E-state index contributed by atoms with van der Waals surface area (Å²) in [6.45, 7) is 4.54. The Kier molecular flexibility index (Phi) is 4.62. The maximum atomic E-state index is 10.8. The van der Waals surface area contributed by atoms with Crippen molar-refractivity contribution in [3.8, 4) is 0 Å². The molecule has 13 heavy (non-hydrogen) atoms. The van der Waals surface area contributed by atoms with Crippen molar-refractivity contribution in [2.24, 2.45) is 0 Å². The van der Waals surface area contributed by atoms with Gasteiger partial charge in [-0.25, -0.2) is 12.6 Å². The Bertz CT molecular complexity index is 372. The lowest BCUT2D eigenvalue weighted by atomic mass is 11.0. The average molecular weight is 228 g/mol. The lowest BCUT2D eigenvalue weighted by Gasteiger charge is -1.99. The van der Waals surface area contributed by atoms with Crippen molar-refractivity contribution in [3.63, 3.8) is 0 Å². The molecule has 0 aliphatic carbocycles. The first-order valence-corrected chi connectivity index (χ1v) is 6.83. The maximum absolute atomic E-state index is 10.8. The van der Waals surface area contributed by atoms with Crippen LogP contribution in [0.25, 0.3) is 0 Å². The number of rotatable bonds is 5. The highest BCUT2D eigenvalue weighted by atomic mass is 32.2. The molecule has 0 heterocycles. The summed E-state index contributed by atoms with van der Waals surface area (Å²) < 4.78 is 45.7. The molecule has 1 unspecified atom stereocenters. The van der Waals surface area contributed by atoms with E-state index in [9.17, 15) is 12.6 Å². The van der Waals surface area contributed by atoms with E-state index in [0.717, 1.165) is 5.41 Å². The predicted molar refractivity (Wildman–Crippen MR) is 52.4 cm³/mol. The number of hydrogen-bond donors (Lipinski definition) is 1. The topological polar surface area (TPSA) is 80.7 Å². The smallest absolute Gasteiger partial charge is 0.174 e. The lowest BCUT2D eigenvalue weighted by Crippen LogP contribution is -2.12. The van der Waals surface area contributed by atoms with Gasteiger partial charge in [0.05, 0.1) is 0 Å². The SMILES string of the molecule is C=CS(=O)(O)=COCS(=O)(=O)CC. The second kappa shape index (κ2) is 4.75. The van der Waals surface area contributed by atoms with Gasteiger partial charge in [-0.2, -0.15) is 0 Å².